The fourth-order valence-electron chi connectivity index (χ4n) is 1.62. The number of carbonyl (C=O) groups is 3. The average Bonchev–Trinajstić information content (AvgIpc) is 2.41. The van der Waals surface area contributed by atoms with Crippen molar-refractivity contribution in [1.29, 1.82) is 0 Å². The Bertz CT molecular complexity index is 476. The molecule has 0 bridgehead atoms. The Labute approximate surface area is 116 Å². The van der Waals surface area contributed by atoms with Gasteiger partial charge in [0.15, 0.2) is 0 Å². The first-order valence-corrected chi connectivity index (χ1v) is 6.18. The smallest absolute Gasteiger partial charge is 0.326 e. The van der Waals surface area contributed by atoms with Crippen LogP contribution in [-0.4, -0.2) is 33.9 Å². The Morgan fingerprint density at radius 3 is 2.45 bits per heavy atom. The topological polar surface area (TPSA) is 122 Å². The largest absolute Gasteiger partial charge is 0.480 e. The predicted molar refractivity (Wildman–Crippen MR) is 70.6 cm³/mol. The van der Waals surface area contributed by atoms with Gasteiger partial charge in [-0.25, -0.2) is 4.79 Å². The van der Waals surface area contributed by atoms with Gasteiger partial charge in [-0.3, -0.25) is 14.6 Å². The Morgan fingerprint density at radius 1 is 1.25 bits per heavy atom. The standard InChI is InChI=1S/C13H17N3O4/c14-11(17)3-2-10(13(19)20)16-12(18)4-1-9-5-7-15-8-6-9/h5-8,10H,1-4H2,(H2,14,17)(H,16,18)(H,19,20)/t10-/m1/s1. The molecule has 0 spiro atoms. The number of hydrogen-bond acceptors (Lipinski definition) is 4. The Hall–Kier alpha value is -2.44. The van der Waals surface area contributed by atoms with Crippen molar-refractivity contribution >= 4 is 17.8 Å². The van der Waals surface area contributed by atoms with Crippen molar-refractivity contribution in [2.45, 2.75) is 31.7 Å². The molecule has 0 radical (unpaired) electrons. The van der Waals surface area contributed by atoms with E-state index in [1.807, 2.05) is 0 Å². The zero-order chi connectivity index (χ0) is 15.0. The van der Waals surface area contributed by atoms with Crippen LogP contribution in [0.3, 0.4) is 0 Å². The fraction of sp³-hybridized carbons (Fsp3) is 0.385. The summed E-state index contributed by atoms with van der Waals surface area (Å²) < 4.78 is 0. The molecule has 7 heteroatoms. The molecular formula is C13H17N3O4. The van der Waals surface area contributed by atoms with Crippen LogP contribution in [0.1, 0.15) is 24.8 Å². The summed E-state index contributed by atoms with van der Waals surface area (Å²) in [6, 6.07) is 2.48. The van der Waals surface area contributed by atoms with Crippen molar-refractivity contribution < 1.29 is 19.5 Å². The molecule has 0 aliphatic carbocycles. The average molecular weight is 279 g/mol. The van der Waals surface area contributed by atoms with Gasteiger partial charge in [-0.2, -0.15) is 0 Å². The van der Waals surface area contributed by atoms with Gasteiger partial charge in [0.05, 0.1) is 0 Å². The number of nitrogens with zero attached hydrogens (tertiary/aromatic N) is 1. The Morgan fingerprint density at radius 2 is 1.90 bits per heavy atom. The van der Waals surface area contributed by atoms with Crippen LogP contribution in [0.15, 0.2) is 24.5 Å². The first kappa shape index (κ1) is 15.6. The molecular weight excluding hydrogens is 262 g/mol. The highest BCUT2D eigenvalue weighted by atomic mass is 16.4. The maximum atomic E-state index is 11.7. The van der Waals surface area contributed by atoms with Crippen LogP contribution in [0.25, 0.3) is 0 Å². The molecule has 1 aromatic heterocycles. The third kappa shape index (κ3) is 5.94. The number of amides is 2. The van der Waals surface area contributed by atoms with Gasteiger partial charge >= 0.3 is 5.97 Å². The highest BCUT2D eigenvalue weighted by Gasteiger charge is 2.20. The summed E-state index contributed by atoms with van der Waals surface area (Å²) in [6.07, 6.45) is 3.83. The van der Waals surface area contributed by atoms with Crippen molar-refractivity contribution in [2.75, 3.05) is 0 Å². The highest BCUT2D eigenvalue weighted by Crippen LogP contribution is 2.02. The first-order chi connectivity index (χ1) is 9.49. The van der Waals surface area contributed by atoms with E-state index in [0.29, 0.717) is 6.42 Å². The van der Waals surface area contributed by atoms with Crippen LogP contribution in [0.5, 0.6) is 0 Å². The number of rotatable bonds is 8. The van der Waals surface area contributed by atoms with Gasteiger partial charge in [0.25, 0.3) is 0 Å². The number of carbonyl (C=O) groups excluding carboxylic acids is 2. The molecule has 20 heavy (non-hydrogen) atoms. The van der Waals surface area contributed by atoms with Crippen LogP contribution in [0.2, 0.25) is 0 Å². The van der Waals surface area contributed by atoms with Gasteiger partial charge in [0.2, 0.25) is 11.8 Å². The number of aryl methyl sites for hydroxylation is 1. The van der Waals surface area contributed by atoms with Crippen molar-refractivity contribution in [1.82, 2.24) is 10.3 Å². The lowest BCUT2D eigenvalue weighted by Crippen LogP contribution is -2.41. The Kier molecular flexibility index (Phi) is 6.15. The first-order valence-electron chi connectivity index (χ1n) is 6.18. The van der Waals surface area contributed by atoms with Crippen LogP contribution < -0.4 is 11.1 Å². The maximum absolute atomic E-state index is 11.7. The number of nitrogens with one attached hydrogen (secondary N) is 1. The number of hydrogen-bond donors (Lipinski definition) is 3. The minimum atomic E-state index is -1.18. The highest BCUT2D eigenvalue weighted by molar-refractivity contribution is 5.84. The molecule has 1 heterocycles. The lowest BCUT2D eigenvalue weighted by Gasteiger charge is -2.13. The fourth-order valence-corrected chi connectivity index (χ4v) is 1.62. The molecule has 0 aliphatic rings. The predicted octanol–water partition coefficient (Wildman–Crippen LogP) is -0.151. The van der Waals surface area contributed by atoms with E-state index in [9.17, 15) is 14.4 Å². The molecule has 1 rings (SSSR count). The lowest BCUT2D eigenvalue weighted by atomic mass is 10.1. The van der Waals surface area contributed by atoms with E-state index in [1.54, 1.807) is 24.5 Å². The van der Waals surface area contributed by atoms with E-state index in [2.05, 4.69) is 10.3 Å². The second-order valence-electron chi connectivity index (χ2n) is 4.32. The van der Waals surface area contributed by atoms with Crippen LogP contribution in [-0.2, 0) is 20.8 Å². The zero-order valence-corrected chi connectivity index (χ0v) is 10.9. The molecule has 0 saturated carbocycles. The van der Waals surface area contributed by atoms with E-state index in [4.69, 9.17) is 10.8 Å². The Balaban J connectivity index is 2.41. The molecule has 0 aromatic carbocycles. The molecule has 4 N–H and O–H groups in total. The molecule has 1 aromatic rings. The molecule has 0 unspecified atom stereocenters. The van der Waals surface area contributed by atoms with Gasteiger partial charge in [-0.1, -0.05) is 0 Å². The molecule has 1 atom stereocenters. The quantitative estimate of drug-likeness (QED) is 0.610. The van der Waals surface area contributed by atoms with Gasteiger partial charge in [-0.15, -0.1) is 0 Å². The normalized spacial score (nSPS) is 11.6. The second kappa shape index (κ2) is 7.88. The number of carboxylic acids is 1. The van der Waals surface area contributed by atoms with E-state index in [-0.39, 0.29) is 25.2 Å². The summed E-state index contributed by atoms with van der Waals surface area (Å²) >= 11 is 0. The van der Waals surface area contributed by atoms with Gasteiger partial charge in [0, 0.05) is 25.2 Å². The van der Waals surface area contributed by atoms with Gasteiger partial charge in [-0.05, 0) is 30.5 Å². The third-order valence-electron chi connectivity index (χ3n) is 2.70. The van der Waals surface area contributed by atoms with Crippen molar-refractivity contribution in [3.05, 3.63) is 30.1 Å². The van der Waals surface area contributed by atoms with E-state index < -0.39 is 17.9 Å². The number of carboxylic acid groups (broad SMARTS) is 1. The second-order valence-corrected chi connectivity index (χ2v) is 4.32. The summed E-state index contributed by atoms with van der Waals surface area (Å²) in [5.74, 6) is -2.15. The number of primary amides is 1. The van der Waals surface area contributed by atoms with E-state index in [0.717, 1.165) is 5.56 Å². The lowest BCUT2D eigenvalue weighted by molar-refractivity contribution is -0.142. The summed E-state index contributed by atoms with van der Waals surface area (Å²) in [5, 5.41) is 11.3. The van der Waals surface area contributed by atoms with Crippen molar-refractivity contribution in [3.63, 3.8) is 0 Å². The third-order valence-corrected chi connectivity index (χ3v) is 2.70. The molecule has 108 valence electrons. The number of pyridine rings is 1. The van der Waals surface area contributed by atoms with Crippen LogP contribution in [0.4, 0.5) is 0 Å². The van der Waals surface area contributed by atoms with Crippen molar-refractivity contribution in [3.8, 4) is 0 Å². The molecule has 7 nitrogen and oxygen atoms in total. The van der Waals surface area contributed by atoms with Gasteiger partial charge < -0.3 is 16.2 Å². The number of nitrogens with two attached hydrogens (primary N) is 1. The summed E-state index contributed by atoms with van der Waals surface area (Å²) in [5.41, 5.74) is 5.90. The number of aromatic nitrogens is 1. The summed E-state index contributed by atoms with van der Waals surface area (Å²) in [7, 11) is 0. The van der Waals surface area contributed by atoms with Crippen molar-refractivity contribution in [2.24, 2.45) is 5.73 Å². The van der Waals surface area contributed by atoms with Crippen LogP contribution >= 0.6 is 0 Å². The molecule has 0 saturated heterocycles. The molecule has 0 aliphatic heterocycles. The maximum Gasteiger partial charge on any atom is 0.326 e. The summed E-state index contributed by atoms with van der Waals surface area (Å²) in [4.78, 5) is 37.1. The minimum absolute atomic E-state index is 0.00827. The SMILES string of the molecule is NC(=O)CC[C@@H](NC(=O)CCc1ccncc1)C(=O)O. The monoisotopic (exact) mass is 279 g/mol. The molecule has 0 fully saturated rings. The van der Waals surface area contributed by atoms with Gasteiger partial charge in [0.1, 0.15) is 6.04 Å². The summed E-state index contributed by atoms with van der Waals surface area (Å²) in [6.45, 7) is 0. The molecule has 2 amide bonds. The zero-order valence-electron chi connectivity index (χ0n) is 10.9. The van der Waals surface area contributed by atoms with E-state index >= 15 is 0 Å². The van der Waals surface area contributed by atoms with E-state index in [1.165, 1.54) is 0 Å². The minimum Gasteiger partial charge on any atom is -0.480 e. The van der Waals surface area contributed by atoms with Crippen LogP contribution in [0, 0.1) is 0 Å². The number of aliphatic carboxylic acids is 1.